The number of nitrogens with zero attached hydrogens (tertiary/aromatic N) is 2. The number of amides is 1. The van der Waals surface area contributed by atoms with Gasteiger partial charge in [-0.1, -0.05) is 6.92 Å². The average molecular weight is 435 g/mol. The van der Waals surface area contributed by atoms with E-state index in [1.54, 1.807) is 24.5 Å². The molecule has 156 valence electrons. The number of anilines is 1. The predicted octanol–water partition coefficient (Wildman–Crippen LogP) is 3.37. The highest BCUT2D eigenvalue weighted by Gasteiger charge is 2.25. The van der Waals surface area contributed by atoms with Crippen molar-refractivity contribution in [3.05, 3.63) is 42.2 Å². The molecule has 7 nitrogen and oxygen atoms in total. The Morgan fingerprint density at radius 2 is 1.86 bits per heavy atom. The van der Waals surface area contributed by atoms with Gasteiger partial charge in [0.15, 0.2) is 5.16 Å². The van der Waals surface area contributed by atoms with Crippen LogP contribution in [0.1, 0.15) is 38.2 Å². The first-order valence-corrected chi connectivity index (χ1v) is 12.1. The molecule has 0 radical (unpaired) electrons. The summed E-state index contributed by atoms with van der Waals surface area (Å²) >= 11 is 1.42. The second-order valence-corrected chi connectivity index (χ2v) is 10.3. The van der Waals surface area contributed by atoms with Gasteiger partial charge in [-0.25, -0.2) is 23.1 Å². The number of hydrogen-bond acceptors (Lipinski definition) is 6. The Morgan fingerprint density at radius 3 is 2.52 bits per heavy atom. The van der Waals surface area contributed by atoms with E-state index in [9.17, 15) is 13.2 Å². The minimum absolute atomic E-state index is 0.0674. The van der Waals surface area contributed by atoms with Gasteiger partial charge in [0.05, 0.1) is 0 Å². The first-order chi connectivity index (χ1) is 13.8. The van der Waals surface area contributed by atoms with Gasteiger partial charge in [-0.2, -0.15) is 0 Å². The van der Waals surface area contributed by atoms with Crippen LogP contribution < -0.4 is 10.0 Å². The standard InChI is InChI=1S/C20H26N4O3S2/c1-14-4-6-16(7-5-14)24-29(26,27)13-19(25)23-18-9-8-17(12-15(18)2)28-20-21-10-3-11-22-20/h3,8-12,14,16,24H,4-7,13H2,1-2H3,(H,23,25). The van der Waals surface area contributed by atoms with E-state index in [0.29, 0.717) is 16.8 Å². The van der Waals surface area contributed by atoms with Gasteiger partial charge in [-0.15, -0.1) is 0 Å². The molecule has 9 heteroatoms. The number of aryl methyl sites for hydroxylation is 1. The van der Waals surface area contributed by atoms with Crippen molar-refractivity contribution in [2.24, 2.45) is 5.92 Å². The van der Waals surface area contributed by atoms with Crippen molar-refractivity contribution < 1.29 is 13.2 Å². The summed E-state index contributed by atoms with van der Waals surface area (Å²) in [5.41, 5.74) is 1.43. The first kappa shape index (κ1) is 21.7. The quantitative estimate of drug-likeness (QED) is 0.648. The fraction of sp³-hybridized carbons (Fsp3) is 0.450. The molecular weight excluding hydrogens is 408 g/mol. The molecule has 0 saturated heterocycles. The highest BCUT2D eigenvalue weighted by molar-refractivity contribution is 7.99. The second kappa shape index (κ2) is 9.69. The third kappa shape index (κ3) is 6.80. The summed E-state index contributed by atoms with van der Waals surface area (Å²) in [5.74, 6) is -0.486. The molecule has 1 heterocycles. The van der Waals surface area contributed by atoms with E-state index in [4.69, 9.17) is 0 Å². The van der Waals surface area contributed by atoms with E-state index >= 15 is 0 Å². The average Bonchev–Trinajstić information content (AvgIpc) is 2.66. The van der Waals surface area contributed by atoms with Crippen molar-refractivity contribution in [1.82, 2.24) is 14.7 Å². The topological polar surface area (TPSA) is 101 Å². The van der Waals surface area contributed by atoms with Crippen LogP contribution in [0.4, 0.5) is 5.69 Å². The summed E-state index contributed by atoms with van der Waals surface area (Å²) in [6.07, 6.45) is 7.03. The molecule has 1 aliphatic carbocycles. The lowest BCUT2D eigenvalue weighted by Gasteiger charge is -2.26. The number of benzene rings is 1. The summed E-state index contributed by atoms with van der Waals surface area (Å²) in [7, 11) is -3.66. The lowest BCUT2D eigenvalue weighted by atomic mass is 9.88. The maximum Gasteiger partial charge on any atom is 0.241 e. The Balaban J connectivity index is 1.55. The van der Waals surface area contributed by atoms with Crippen LogP contribution in [0.25, 0.3) is 0 Å². The van der Waals surface area contributed by atoms with Crippen LogP contribution in [0, 0.1) is 12.8 Å². The molecule has 0 aliphatic heterocycles. The second-order valence-electron chi connectivity index (χ2n) is 7.49. The van der Waals surface area contributed by atoms with Crippen LogP contribution in [-0.4, -0.2) is 36.1 Å². The normalized spacial score (nSPS) is 19.7. The molecule has 2 N–H and O–H groups in total. The SMILES string of the molecule is Cc1cc(Sc2ncccn2)ccc1NC(=O)CS(=O)(=O)NC1CCC(C)CC1. The molecule has 1 aliphatic rings. The summed E-state index contributed by atoms with van der Waals surface area (Å²) < 4.78 is 27.3. The largest absolute Gasteiger partial charge is 0.325 e. The van der Waals surface area contributed by atoms with Gasteiger partial charge >= 0.3 is 0 Å². The predicted molar refractivity (Wildman–Crippen MR) is 114 cm³/mol. The number of nitrogens with one attached hydrogen (secondary N) is 2. The van der Waals surface area contributed by atoms with E-state index in [1.807, 2.05) is 19.1 Å². The summed E-state index contributed by atoms with van der Waals surface area (Å²) in [6.45, 7) is 4.04. The maximum atomic E-state index is 12.3. The van der Waals surface area contributed by atoms with Crippen LogP contribution in [0.2, 0.25) is 0 Å². The molecule has 1 fully saturated rings. The van der Waals surface area contributed by atoms with Gasteiger partial charge in [0.2, 0.25) is 15.9 Å². The molecule has 2 aromatic rings. The zero-order chi connectivity index (χ0) is 20.9. The van der Waals surface area contributed by atoms with E-state index in [2.05, 4.69) is 26.9 Å². The number of sulfonamides is 1. The van der Waals surface area contributed by atoms with Gasteiger partial charge in [0.25, 0.3) is 0 Å². The molecule has 29 heavy (non-hydrogen) atoms. The number of carbonyl (C=O) groups excluding carboxylic acids is 1. The van der Waals surface area contributed by atoms with Crippen molar-refractivity contribution >= 4 is 33.4 Å². The van der Waals surface area contributed by atoms with Gasteiger partial charge in [-0.3, -0.25) is 4.79 Å². The summed E-state index contributed by atoms with van der Waals surface area (Å²) in [5, 5.41) is 3.34. The highest BCUT2D eigenvalue weighted by Crippen LogP contribution is 2.28. The molecule has 1 aromatic carbocycles. The zero-order valence-corrected chi connectivity index (χ0v) is 18.2. The Kier molecular flexibility index (Phi) is 7.26. The highest BCUT2D eigenvalue weighted by atomic mass is 32.2. The lowest BCUT2D eigenvalue weighted by molar-refractivity contribution is -0.113. The van der Waals surface area contributed by atoms with Crippen molar-refractivity contribution in [2.45, 2.75) is 55.6 Å². The Hall–Kier alpha value is -1.97. The van der Waals surface area contributed by atoms with Crippen LogP contribution in [0.15, 0.2) is 46.7 Å². The van der Waals surface area contributed by atoms with E-state index < -0.39 is 21.7 Å². The molecule has 0 unspecified atom stereocenters. The van der Waals surface area contributed by atoms with Crippen LogP contribution >= 0.6 is 11.8 Å². The van der Waals surface area contributed by atoms with Crippen molar-refractivity contribution in [3.8, 4) is 0 Å². The van der Waals surface area contributed by atoms with E-state index in [0.717, 1.165) is 36.1 Å². The van der Waals surface area contributed by atoms with Gasteiger partial charge in [0.1, 0.15) is 5.75 Å². The van der Waals surface area contributed by atoms with E-state index in [1.165, 1.54) is 11.8 Å². The zero-order valence-electron chi connectivity index (χ0n) is 16.6. The Morgan fingerprint density at radius 1 is 1.17 bits per heavy atom. The lowest BCUT2D eigenvalue weighted by Crippen LogP contribution is -2.41. The van der Waals surface area contributed by atoms with Gasteiger partial charge in [0, 0.05) is 29.0 Å². The number of hydrogen-bond donors (Lipinski definition) is 2. The summed E-state index contributed by atoms with van der Waals surface area (Å²) in [6, 6.07) is 7.21. The number of rotatable bonds is 7. The van der Waals surface area contributed by atoms with Crippen LogP contribution in [0.3, 0.4) is 0 Å². The smallest absolute Gasteiger partial charge is 0.241 e. The fourth-order valence-electron chi connectivity index (χ4n) is 3.32. The van der Waals surface area contributed by atoms with Crippen LogP contribution in [0.5, 0.6) is 0 Å². The number of carbonyl (C=O) groups is 1. The van der Waals surface area contributed by atoms with Crippen molar-refractivity contribution in [3.63, 3.8) is 0 Å². The minimum atomic E-state index is -3.66. The maximum absolute atomic E-state index is 12.3. The first-order valence-electron chi connectivity index (χ1n) is 9.66. The van der Waals surface area contributed by atoms with Crippen molar-refractivity contribution in [2.75, 3.05) is 11.1 Å². The van der Waals surface area contributed by atoms with Crippen molar-refractivity contribution in [1.29, 1.82) is 0 Å². The molecule has 3 rings (SSSR count). The summed E-state index contributed by atoms with van der Waals surface area (Å²) in [4.78, 5) is 21.6. The van der Waals surface area contributed by atoms with E-state index in [-0.39, 0.29) is 6.04 Å². The third-order valence-corrected chi connectivity index (χ3v) is 7.12. The molecule has 1 amide bonds. The molecule has 0 spiro atoms. The van der Waals surface area contributed by atoms with Crippen LogP contribution in [-0.2, 0) is 14.8 Å². The molecule has 1 saturated carbocycles. The fourth-order valence-corrected chi connectivity index (χ4v) is 5.37. The number of aromatic nitrogens is 2. The molecule has 0 atom stereocenters. The monoisotopic (exact) mass is 434 g/mol. The van der Waals surface area contributed by atoms with Gasteiger partial charge < -0.3 is 5.32 Å². The molecule has 1 aromatic heterocycles. The van der Waals surface area contributed by atoms with Gasteiger partial charge in [-0.05, 0) is 80.1 Å². The minimum Gasteiger partial charge on any atom is -0.325 e. The molecular formula is C20H26N4O3S2. The molecule has 0 bridgehead atoms. The Bertz CT molecular complexity index is 943. The Labute approximate surface area is 176 Å². The third-order valence-electron chi connectivity index (χ3n) is 4.91.